The first kappa shape index (κ1) is 11.3. The van der Waals surface area contributed by atoms with E-state index in [4.69, 9.17) is 0 Å². The second kappa shape index (κ2) is 4.38. The standard InChI is InChI=1S/C14H19NO/c1-11-5-3-4-6-13(11)14(15-2)9-7-12(16)8-10-14/h3-6,15H,7-10H2,1-2H3. The molecule has 0 atom stereocenters. The number of benzene rings is 1. The van der Waals surface area contributed by atoms with Gasteiger partial charge < -0.3 is 5.32 Å². The fraction of sp³-hybridized carbons (Fsp3) is 0.500. The third-order valence-electron chi connectivity index (χ3n) is 3.80. The van der Waals surface area contributed by atoms with Gasteiger partial charge in [0.05, 0.1) is 0 Å². The Morgan fingerprint density at radius 2 is 1.81 bits per heavy atom. The van der Waals surface area contributed by atoms with Crippen molar-refractivity contribution in [1.29, 1.82) is 0 Å². The highest BCUT2D eigenvalue weighted by Crippen LogP contribution is 2.36. The third kappa shape index (κ3) is 1.90. The molecule has 0 heterocycles. The Bertz CT molecular complexity index is 387. The van der Waals surface area contributed by atoms with E-state index >= 15 is 0 Å². The minimum atomic E-state index is 0.0131. The predicted molar refractivity (Wildman–Crippen MR) is 65.4 cm³/mol. The Morgan fingerprint density at radius 1 is 1.19 bits per heavy atom. The maximum atomic E-state index is 11.4. The van der Waals surface area contributed by atoms with Crippen molar-refractivity contribution in [3.63, 3.8) is 0 Å². The van der Waals surface area contributed by atoms with Crippen molar-refractivity contribution in [3.05, 3.63) is 35.4 Å². The van der Waals surface area contributed by atoms with Crippen molar-refractivity contribution in [3.8, 4) is 0 Å². The fourth-order valence-corrected chi connectivity index (χ4v) is 2.72. The van der Waals surface area contributed by atoms with Gasteiger partial charge in [-0.15, -0.1) is 0 Å². The lowest BCUT2D eigenvalue weighted by Gasteiger charge is -2.38. The Balaban J connectivity index is 2.35. The summed E-state index contributed by atoms with van der Waals surface area (Å²) >= 11 is 0. The van der Waals surface area contributed by atoms with Gasteiger partial charge in [-0.2, -0.15) is 0 Å². The van der Waals surface area contributed by atoms with Crippen molar-refractivity contribution >= 4 is 5.78 Å². The number of ketones is 1. The lowest BCUT2D eigenvalue weighted by molar-refractivity contribution is -0.121. The molecule has 1 aromatic carbocycles. The highest BCUT2D eigenvalue weighted by molar-refractivity contribution is 5.79. The van der Waals surface area contributed by atoms with Crippen LogP contribution in [-0.2, 0) is 10.3 Å². The van der Waals surface area contributed by atoms with Crippen LogP contribution in [0.5, 0.6) is 0 Å². The lowest BCUT2D eigenvalue weighted by atomic mass is 9.75. The number of hydrogen-bond donors (Lipinski definition) is 1. The Kier molecular flexibility index (Phi) is 3.10. The molecule has 16 heavy (non-hydrogen) atoms. The smallest absolute Gasteiger partial charge is 0.133 e. The maximum Gasteiger partial charge on any atom is 0.133 e. The molecule has 0 saturated heterocycles. The van der Waals surface area contributed by atoms with Gasteiger partial charge in [0.15, 0.2) is 0 Å². The molecule has 0 aliphatic heterocycles. The quantitative estimate of drug-likeness (QED) is 0.825. The first-order chi connectivity index (χ1) is 7.68. The summed E-state index contributed by atoms with van der Waals surface area (Å²) in [5.41, 5.74) is 2.68. The van der Waals surface area contributed by atoms with Crippen molar-refractivity contribution in [2.24, 2.45) is 0 Å². The fourth-order valence-electron chi connectivity index (χ4n) is 2.72. The number of nitrogens with one attached hydrogen (secondary N) is 1. The molecule has 0 amide bonds. The summed E-state index contributed by atoms with van der Waals surface area (Å²) in [7, 11) is 2.00. The average molecular weight is 217 g/mol. The van der Waals surface area contributed by atoms with E-state index in [0.717, 1.165) is 12.8 Å². The summed E-state index contributed by atoms with van der Waals surface area (Å²) in [4.78, 5) is 11.4. The zero-order valence-corrected chi connectivity index (χ0v) is 10.0. The molecular weight excluding hydrogens is 198 g/mol. The third-order valence-corrected chi connectivity index (χ3v) is 3.80. The average Bonchev–Trinajstić information content (AvgIpc) is 2.32. The van der Waals surface area contributed by atoms with Gasteiger partial charge in [0.1, 0.15) is 5.78 Å². The summed E-state index contributed by atoms with van der Waals surface area (Å²) in [6.07, 6.45) is 3.25. The molecule has 1 N–H and O–H groups in total. The van der Waals surface area contributed by atoms with Crippen LogP contribution in [0.25, 0.3) is 0 Å². The second-order valence-corrected chi connectivity index (χ2v) is 4.69. The monoisotopic (exact) mass is 217 g/mol. The number of aryl methyl sites for hydroxylation is 1. The molecular formula is C14H19NO. The molecule has 0 aromatic heterocycles. The Morgan fingerprint density at radius 3 is 2.38 bits per heavy atom. The van der Waals surface area contributed by atoms with Crippen LogP contribution in [0.1, 0.15) is 36.8 Å². The summed E-state index contributed by atoms with van der Waals surface area (Å²) in [5, 5.41) is 3.44. The molecule has 1 aliphatic rings. The minimum absolute atomic E-state index is 0.0131. The van der Waals surface area contributed by atoms with Gasteiger partial charge >= 0.3 is 0 Å². The largest absolute Gasteiger partial charge is 0.310 e. The Hall–Kier alpha value is -1.15. The number of hydrogen-bond acceptors (Lipinski definition) is 2. The molecule has 2 nitrogen and oxygen atoms in total. The molecule has 2 rings (SSSR count). The number of Topliss-reactive ketones (excluding diaryl/α,β-unsaturated/α-hetero) is 1. The zero-order valence-electron chi connectivity index (χ0n) is 10.0. The van der Waals surface area contributed by atoms with Crippen LogP contribution < -0.4 is 5.32 Å². The van der Waals surface area contributed by atoms with Gasteiger partial charge in [-0.1, -0.05) is 24.3 Å². The summed E-state index contributed by atoms with van der Waals surface area (Å²) in [6, 6.07) is 8.47. The molecule has 0 radical (unpaired) electrons. The molecule has 1 saturated carbocycles. The van der Waals surface area contributed by atoms with Crippen LogP contribution in [0.15, 0.2) is 24.3 Å². The summed E-state index contributed by atoms with van der Waals surface area (Å²) in [5.74, 6) is 0.402. The summed E-state index contributed by atoms with van der Waals surface area (Å²) in [6.45, 7) is 2.14. The van der Waals surface area contributed by atoms with E-state index in [1.165, 1.54) is 11.1 Å². The van der Waals surface area contributed by atoms with E-state index in [1.807, 2.05) is 7.05 Å². The van der Waals surface area contributed by atoms with E-state index < -0.39 is 0 Å². The van der Waals surface area contributed by atoms with E-state index in [2.05, 4.69) is 36.5 Å². The van der Waals surface area contributed by atoms with Crippen molar-refractivity contribution in [1.82, 2.24) is 5.32 Å². The van der Waals surface area contributed by atoms with Gasteiger partial charge in [0.2, 0.25) is 0 Å². The molecule has 1 aliphatic carbocycles. The lowest BCUT2D eigenvalue weighted by Crippen LogP contribution is -2.43. The zero-order chi connectivity index (χ0) is 11.6. The Labute approximate surface area is 97.1 Å². The number of rotatable bonds is 2. The molecule has 1 aromatic rings. The van der Waals surface area contributed by atoms with E-state index in [-0.39, 0.29) is 5.54 Å². The van der Waals surface area contributed by atoms with Crippen LogP contribution >= 0.6 is 0 Å². The maximum absolute atomic E-state index is 11.4. The molecule has 1 fully saturated rings. The first-order valence-electron chi connectivity index (χ1n) is 5.95. The van der Waals surface area contributed by atoms with E-state index in [0.29, 0.717) is 18.6 Å². The van der Waals surface area contributed by atoms with Gasteiger partial charge in [0.25, 0.3) is 0 Å². The predicted octanol–water partition coefficient (Wildman–Crippen LogP) is 2.55. The van der Waals surface area contributed by atoms with Gasteiger partial charge in [-0.05, 0) is 37.9 Å². The normalized spacial score (nSPS) is 19.8. The van der Waals surface area contributed by atoms with Crippen LogP contribution in [-0.4, -0.2) is 12.8 Å². The van der Waals surface area contributed by atoms with E-state index in [9.17, 15) is 4.79 Å². The van der Waals surface area contributed by atoms with E-state index in [1.54, 1.807) is 0 Å². The summed E-state index contributed by atoms with van der Waals surface area (Å²) < 4.78 is 0. The first-order valence-corrected chi connectivity index (χ1v) is 5.95. The van der Waals surface area contributed by atoms with Gasteiger partial charge in [0, 0.05) is 18.4 Å². The molecule has 0 spiro atoms. The number of carbonyl (C=O) groups excluding carboxylic acids is 1. The van der Waals surface area contributed by atoms with Crippen LogP contribution in [0.4, 0.5) is 0 Å². The topological polar surface area (TPSA) is 29.1 Å². The molecule has 86 valence electrons. The van der Waals surface area contributed by atoms with Crippen LogP contribution in [0.3, 0.4) is 0 Å². The molecule has 2 heteroatoms. The highest BCUT2D eigenvalue weighted by Gasteiger charge is 2.35. The van der Waals surface area contributed by atoms with Crippen molar-refractivity contribution in [2.45, 2.75) is 38.1 Å². The minimum Gasteiger partial charge on any atom is -0.310 e. The van der Waals surface area contributed by atoms with Crippen LogP contribution in [0, 0.1) is 6.92 Å². The van der Waals surface area contributed by atoms with Crippen molar-refractivity contribution in [2.75, 3.05) is 7.05 Å². The SMILES string of the molecule is CNC1(c2ccccc2C)CCC(=O)CC1. The van der Waals surface area contributed by atoms with Gasteiger partial charge in [-0.25, -0.2) is 0 Å². The molecule has 0 unspecified atom stereocenters. The van der Waals surface area contributed by atoms with Gasteiger partial charge in [-0.3, -0.25) is 4.79 Å². The second-order valence-electron chi connectivity index (χ2n) is 4.69. The van der Waals surface area contributed by atoms with Crippen LogP contribution in [0.2, 0.25) is 0 Å². The number of carbonyl (C=O) groups is 1. The van der Waals surface area contributed by atoms with Crippen molar-refractivity contribution < 1.29 is 4.79 Å². The molecule has 0 bridgehead atoms. The highest BCUT2D eigenvalue weighted by atomic mass is 16.1.